The van der Waals surface area contributed by atoms with Crippen LogP contribution in [0.5, 0.6) is 5.75 Å². The van der Waals surface area contributed by atoms with Crippen molar-refractivity contribution in [3.63, 3.8) is 0 Å². The number of hydrogen-bond acceptors (Lipinski definition) is 3. The van der Waals surface area contributed by atoms with Gasteiger partial charge in [0.15, 0.2) is 0 Å². The van der Waals surface area contributed by atoms with E-state index in [0.29, 0.717) is 12.0 Å². The molecule has 0 aliphatic heterocycles. The summed E-state index contributed by atoms with van der Waals surface area (Å²) >= 11 is 0. The number of benzene rings is 1. The van der Waals surface area contributed by atoms with Gasteiger partial charge in [-0.2, -0.15) is 0 Å². The minimum Gasteiger partial charge on any atom is -0.491 e. The van der Waals surface area contributed by atoms with Crippen molar-refractivity contribution >= 4 is 0 Å². The number of nitrogens with zero attached hydrogens (tertiary/aromatic N) is 1. The molecule has 3 nitrogen and oxygen atoms in total. The molecule has 20 heavy (non-hydrogen) atoms. The van der Waals surface area contributed by atoms with Gasteiger partial charge in [0.25, 0.3) is 0 Å². The largest absolute Gasteiger partial charge is 0.491 e. The average Bonchev–Trinajstić information content (AvgIpc) is 2.34. The van der Waals surface area contributed by atoms with Crippen LogP contribution in [0.2, 0.25) is 0 Å². The molecule has 0 amide bonds. The first kappa shape index (κ1) is 17.0. The van der Waals surface area contributed by atoms with Crippen molar-refractivity contribution in [2.75, 3.05) is 20.6 Å². The molecule has 0 saturated heterocycles. The Morgan fingerprint density at radius 1 is 1.10 bits per heavy atom. The summed E-state index contributed by atoms with van der Waals surface area (Å²) in [6.45, 7) is 10.5. The molecule has 3 heteroatoms. The van der Waals surface area contributed by atoms with Gasteiger partial charge in [-0.15, -0.1) is 0 Å². The first-order valence-electron chi connectivity index (χ1n) is 7.52. The van der Waals surface area contributed by atoms with E-state index in [1.54, 1.807) is 0 Å². The molecule has 0 heterocycles. The van der Waals surface area contributed by atoms with E-state index in [0.717, 1.165) is 18.8 Å². The molecule has 0 saturated carbocycles. The third-order valence-electron chi connectivity index (χ3n) is 3.26. The molecule has 0 aliphatic carbocycles. The highest BCUT2D eigenvalue weighted by atomic mass is 16.5. The van der Waals surface area contributed by atoms with Crippen LogP contribution in [0.25, 0.3) is 0 Å². The van der Waals surface area contributed by atoms with Gasteiger partial charge in [-0.1, -0.05) is 32.0 Å². The monoisotopic (exact) mass is 278 g/mol. The van der Waals surface area contributed by atoms with Crippen molar-refractivity contribution in [3.8, 4) is 5.75 Å². The van der Waals surface area contributed by atoms with Crippen molar-refractivity contribution in [2.24, 2.45) is 5.92 Å². The van der Waals surface area contributed by atoms with Gasteiger partial charge in [-0.25, -0.2) is 0 Å². The highest BCUT2D eigenvalue weighted by molar-refractivity contribution is 5.33. The van der Waals surface area contributed by atoms with Crippen LogP contribution in [0, 0.1) is 5.92 Å². The molecule has 1 aromatic carbocycles. The van der Waals surface area contributed by atoms with E-state index in [9.17, 15) is 0 Å². The zero-order valence-corrected chi connectivity index (χ0v) is 13.8. The maximum atomic E-state index is 5.87. The summed E-state index contributed by atoms with van der Waals surface area (Å²) < 4.78 is 5.87. The van der Waals surface area contributed by atoms with Crippen LogP contribution in [0.15, 0.2) is 24.3 Å². The fourth-order valence-corrected chi connectivity index (χ4v) is 2.16. The minimum atomic E-state index is 0.207. The summed E-state index contributed by atoms with van der Waals surface area (Å²) in [5.41, 5.74) is 1.23. The Balaban J connectivity index is 2.67. The molecule has 0 fully saturated rings. The predicted molar refractivity (Wildman–Crippen MR) is 86.2 cm³/mol. The standard InChI is InChI=1S/C17H30N2O/c1-13(2)16(12-19(5)6)18-11-15-9-7-8-10-17(15)20-14(3)4/h7-10,13-14,16,18H,11-12H2,1-6H3. The smallest absolute Gasteiger partial charge is 0.124 e. The molecule has 0 spiro atoms. The number of rotatable bonds is 8. The molecule has 0 aliphatic rings. The lowest BCUT2D eigenvalue weighted by Crippen LogP contribution is -2.41. The van der Waals surface area contributed by atoms with Gasteiger partial charge in [0, 0.05) is 24.7 Å². The Hall–Kier alpha value is -1.06. The van der Waals surface area contributed by atoms with Crippen LogP contribution in [-0.2, 0) is 6.54 Å². The van der Waals surface area contributed by atoms with E-state index in [4.69, 9.17) is 4.74 Å². The van der Waals surface area contributed by atoms with Gasteiger partial charge >= 0.3 is 0 Å². The molecule has 0 radical (unpaired) electrons. The second-order valence-electron chi connectivity index (χ2n) is 6.27. The highest BCUT2D eigenvalue weighted by Crippen LogP contribution is 2.19. The molecule has 1 atom stereocenters. The second-order valence-corrected chi connectivity index (χ2v) is 6.27. The molecule has 1 aromatic rings. The number of hydrogen-bond donors (Lipinski definition) is 1. The third-order valence-corrected chi connectivity index (χ3v) is 3.26. The molecule has 114 valence electrons. The molecule has 1 N–H and O–H groups in total. The van der Waals surface area contributed by atoms with Crippen molar-refractivity contribution in [1.29, 1.82) is 0 Å². The first-order chi connectivity index (χ1) is 9.40. The zero-order chi connectivity index (χ0) is 15.1. The zero-order valence-electron chi connectivity index (χ0n) is 13.8. The predicted octanol–water partition coefficient (Wildman–Crippen LogP) is 3.15. The first-order valence-corrected chi connectivity index (χ1v) is 7.52. The molecule has 1 unspecified atom stereocenters. The van der Waals surface area contributed by atoms with Gasteiger partial charge in [-0.05, 0) is 39.9 Å². The SMILES string of the molecule is CC(C)Oc1ccccc1CNC(CN(C)C)C(C)C. The topological polar surface area (TPSA) is 24.5 Å². The highest BCUT2D eigenvalue weighted by Gasteiger charge is 2.14. The van der Waals surface area contributed by atoms with Crippen molar-refractivity contribution in [1.82, 2.24) is 10.2 Å². The maximum absolute atomic E-state index is 5.87. The molecule has 0 bridgehead atoms. The lowest BCUT2D eigenvalue weighted by molar-refractivity contribution is 0.237. The number of para-hydroxylation sites is 1. The number of ether oxygens (including phenoxy) is 1. The van der Waals surface area contributed by atoms with Gasteiger partial charge in [0.1, 0.15) is 5.75 Å². The van der Waals surface area contributed by atoms with Gasteiger partial charge in [0.05, 0.1) is 6.10 Å². The lowest BCUT2D eigenvalue weighted by atomic mass is 10.0. The van der Waals surface area contributed by atoms with Crippen LogP contribution in [0.1, 0.15) is 33.3 Å². The van der Waals surface area contributed by atoms with Crippen molar-refractivity contribution < 1.29 is 4.74 Å². The fourth-order valence-electron chi connectivity index (χ4n) is 2.16. The Morgan fingerprint density at radius 3 is 2.30 bits per heavy atom. The van der Waals surface area contributed by atoms with Crippen LogP contribution in [0.3, 0.4) is 0 Å². The quantitative estimate of drug-likeness (QED) is 0.790. The number of nitrogens with one attached hydrogen (secondary N) is 1. The average molecular weight is 278 g/mol. The Kier molecular flexibility index (Phi) is 7.03. The van der Waals surface area contributed by atoms with E-state index in [2.05, 4.69) is 64.1 Å². The molecular formula is C17H30N2O. The maximum Gasteiger partial charge on any atom is 0.124 e. The summed E-state index contributed by atoms with van der Waals surface area (Å²) in [4.78, 5) is 2.23. The second kappa shape index (κ2) is 8.28. The summed E-state index contributed by atoms with van der Waals surface area (Å²) in [6, 6.07) is 8.77. The number of likely N-dealkylation sites (N-methyl/N-ethyl adjacent to an activating group) is 1. The summed E-state index contributed by atoms with van der Waals surface area (Å²) in [5, 5.41) is 3.66. The molecular weight excluding hydrogens is 248 g/mol. The summed E-state index contributed by atoms with van der Waals surface area (Å²) in [7, 11) is 4.24. The van der Waals surface area contributed by atoms with Gasteiger partial charge < -0.3 is 15.0 Å². The molecule has 1 rings (SSSR count). The lowest BCUT2D eigenvalue weighted by Gasteiger charge is -2.26. The van der Waals surface area contributed by atoms with Gasteiger partial charge in [0.2, 0.25) is 0 Å². The Bertz CT molecular complexity index is 388. The van der Waals surface area contributed by atoms with E-state index in [-0.39, 0.29) is 6.10 Å². The normalized spacial score (nSPS) is 13.2. The summed E-state index contributed by atoms with van der Waals surface area (Å²) in [5.74, 6) is 1.60. The van der Waals surface area contributed by atoms with Crippen molar-refractivity contribution in [3.05, 3.63) is 29.8 Å². The minimum absolute atomic E-state index is 0.207. The van der Waals surface area contributed by atoms with E-state index >= 15 is 0 Å². The fraction of sp³-hybridized carbons (Fsp3) is 0.647. The Morgan fingerprint density at radius 2 is 1.75 bits per heavy atom. The third kappa shape index (κ3) is 5.93. The van der Waals surface area contributed by atoms with Crippen LogP contribution in [0.4, 0.5) is 0 Å². The molecule has 0 aromatic heterocycles. The van der Waals surface area contributed by atoms with E-state index < -0.39 is 0 Å². The van der Waals surface area contributed by atoms with E-state index in [1.807, 2.05) is 12.1 Å². The van der Waals surface area contributed by atoms with Crippen LogP contribution in [-0.4, -0.2) is 37.7 Å². The van der Waals surface area contributed by atoms with Crippen LogP contribution >= 0.6 is 0 Å². The van der Waals surface area contributed by atoms with Crippen molar-refractivity contribution in [2.45, 2.75) is 46.4 Å². The van der Waals surface area contributed by atoms with Gasteiger partial charge in [-0.3, -0.25) is 0 Å². The van der Waals surface area contributed by atoms with E-state index in [1.165, 1.54) is 5.56 Å². The summed E-state index contributed by atoms with van der Waals surface area (Å²) in [6.07, 6.45) is 0.207. The van der Waals surface area contributed by atoms with Crippen LogP contribution < -0.4 is 10.1 Å². The Labute approximate surface area is 124 Å².